The molecular weight excluding hydrogens is 260 g/mol. The number of hydrogen-bond donors (Lipinski definition) is 2. The number of carboxylic acid groups (broad SMARTS) is 1. The van der Waals surface area contributed by atoms with Crippen LogP contribution in [0.15, 0.2) is 30.5 Å². The zero-order chi connectivity index (χ0) is 13.4. The van der Waals surface area contributed by atoms with E-state index in [-0.39, 0.29) is 11.7 Å². The lowest BCUT2D eigenvalue weighted by atomic mass is 9.87. The zero-order valence-corrected chi connectivity index (χ0v) is 11.1. The van der Waals surface area contributed by atoms with Gasteiger partial charge in [0.05, 0.1) is 6.04 Å². The summed E-state index contributed by atoms with van der Waals surface area (Å²) in [6.45, 7) is 0. The standard InChI is InChI=1S/C14H14N2O2S/c17-13(18)12-8-15-14(19)16(12)11-7-3-5-9-4-1-2-6-10(9)11/h1-2,4,6,8,11H,3,5,7H2,(H,15,19)(H,17,18). The van der Waals surface area contributed by atoms with E-state index < -0.39 is 5.97 Å². The molecular formula is C14H14N2O2S. The van der Waals surface area contributed by atoms with Crippen LogP contribution in [0.3, 0.4) is 0 Å². The van der Waals surface area contributed by atoms with Crippen molar-refractivity contribution in [3.63, 3.8) is 0 Å². The molecule has 19 heavy (non-hydrogen) atoms. The summed E-state index contributed by atoms with van der Waals surface area (Å²) in [5.74, 6) is -0.949. The van der Waals surface area contributed by atoms with Crippen molar-refractivity contribution in [3.05, 3.63) is 52.1 Å². The predicted molar refractivity (Wildman–Crippen MR) is 74.1 cm³/mol. The van der Waals surface area contributed by atoms with Gasteiger partial charge in [0.25, 0.3) is 0 Å². The maximum atomic E-state index is 11.3. The van der Waals surface area contributed by atoms with Crippen LogP contribution in [0.2, 0.25) is 0 Å². The Morgan fingerprint density at radius 2 is 2.21 bits per heavy atom. The normalized spacial score (nSPS) is 18.0. The molecule has 0 fully saturated rings. The molecule has 2 aromatic rings. The van der Waals surface area contributed by atoms with E-state index in [1.807, 2.05) is 12.1 Å². The number of benzene rings is 1. The fraction of sp³-hybridized carbons (Fsp3) is 0.286. The van der Waals surface area contributed by atoms with Crippen LogP contribution in [-0.2, 0) is 6.42 Å². The van der Waals surface area contributed by atoms with E-state index in [1.54, 1.807) is 4.57 Å². The Hall–Kier alpha value is -1.88. The number of fused-ring (bicyclic) bond motifs is 1. The maximum absolute atomic E-state index is 11.3. The molecule has 0 amide bonds. The highest BCUT2D eigenvalue weighted by molar-refractivity contribution is 7.71. The number of imidazole rings is 1. The van der Waals surface area contributed by atoms with Gasteiger partial charge in [-0.3, -0.25) is 0 Å². The second-order valence-corrected chi connectivity index (χ2v) is 5.15. The average Bonchev–Trinajstić information content (AvgIpc) is 2.80. The van der Waals surface area contributed by atoms with Gasteiger partial charge >= 0.3 is 5.97 Å². The molecule has 0 saturated carbocycles. The lowest BCUT2D eigenvalue weighted by Crippen LogP contribution is -2.20. The number of rotatable bonds is 2. The van der Waals surface area contributed by atoms with Crippen molar-refractivity contribution >= 4 is 18.2 Å². The van der Waals surface area contributed by atoms with E-state index in [0.29, 0.717) is 4.77 Å². The zero-order valence-electron chi connectivity index (χ0n) is 10.3. The number of H-pyrrole nitrogens is 1. The number of nitrogens with one attached hydrogen (secondary N) is 1. The smallest absolute Gasteiger partial charge is 0.354 e. The van der Waals surface area contributed by atoms with Crippen molar-refractivity contribution in [2.75, 3.05) is 0 Å². The van der Waals surface area contributed by atoms with Gasteiger partial charge in [0, 0.05) is 6.20 Å². The second kappa shape index (κ2) is 4.66. The van der Waals surface area contributed by atoms with E-state index in [9.17, 15) is 9.90 Å². The third kappa shape index (κ3) is 2.00. The summed E-state index contributed by atoms with van der Waals surface area (Å²) >= 11 is 5.25. The highest BCUT2D eigenvalue weighted by Crippen LogP contribution is 2.33. The number of aromatic amines is 1. The van der Waals surface area contributed by atoms with Crippen LogP contribution in [0.4, 0.5) is 0 Å². The van der Waals surface area contributed by atoms with Crippen LogP contribution in [0.5, 0.6) is 0 Å². The molecule has 0 bridgehead atoms. The Labute approximate surface area is 115 Å². The van der Waals surface area contributed by atoms with Crippen LogP contribution in [0.25, 0.3) is 0 Å². The third-order valence-electron chi connectivity index (χ3n) is 3.68. The van der Waals surface area contributed by atoms with E-state index in [4.69, 9.17) is 12.2 Å². The fourth-order valence-corrected chi connectivity index (χ4v) is 3.13. The molecule has 1 unspecified atom stereocenters. The summed E-state index contributed by atoms with van der Waals surface area (Å²) in [6.07, 6.45) is 4.49. The van der Waals surface area contributed by atoms with Gasteiger partial charge < -0.3 is 14.7 Å². The third-order valence-corrected chi connectivity index (χ3v) is 3.99. The number of aromatic nitrogens is 2. The van der Waals surface area contributed by atoms with Crippen LogP contribution in [-0.4, -0.2) is 20.6 Å². The fourth-order valence-electron chi connectivity index (χ4n) is 2.85. The van der Waals surface area contributed by atoms with Gasteiger partial charge in [-0.2, -0.15) is 0 Å². The van der Waals surface area contributed by atoms with Gasteiger partial charge in [0.15, 0.2) is 4.77 Å². The minimum atomic E-state index is -0.949. The highest BCUT2D eigenvalue weighted by Gasteiger charge is 2.25. The molecule has 1 aromatic carbocycles. The molecule has 1 atom stereocenters. The molecule has 2 N–H and O–H groups in total. The van der Waals surface area contributed by atoms with E-state index >= 15 is 0 Å². The summed E-state index contributed by atoms with van der Waals surface area (Å²) in [5.41, 5.74) is 2.71. The summed E-state index contributed by atoms with van der Waals surface area (Å²) in [4.78, 5) is 14.1. The number of carboxylic acids is 1. The summed E-state index contributed by atoms with van der Waals surface area (Å²) in [6, 6.07) is 8.22. The summed E-state index contributed by atoms with van der Waals surface area (Å²) in [5, 5.41) is 9.27. The van der Waals surface area contributed by atoms with Crippen LogP contribution >= 0.6 is 12.2 Å². The molecule has 98 valence electrons. The number of aryl methyl sites for hydroxylation is 1. The number of nitrogens with zero attached hydrogens (tertiary/aromatic N) is 1. The topological polar surface area (TPSA) is 58.0 Å². The quantitative estimate of drug-likeness (QED) is 0.827. The van der Waals surface area contributed by atoms with Crippen molar-refractivity contribution < 1.29 is 9.90 Å². The van der Waals surface area contributed by atoms with Crippen LogP contribution in [0.1, 0.15) is 40.5 Å². The monoisotopic (exact) mass is 274 g/mol. The van der Waals surface area contributed by atoms with Crippen molar-refractivity contribution in [1.29, 1.82) is 0 Å². The first-order chi connectivity index (χ1) is 9.18. The first-order valence-electron chi connectivity index (χ1n) is 6.29. The van der Waals surface area contributed by atoms with Gasteiger partial charge in [-0.05, 0) is 42.6 Å². The van der Waals surface area contributed by atoms with E-state index in [1.165, 1.54) is 17.3 Å². The molecule has 0 saturated heterocycles. The Morgan fingerprint density at radius 1 is 1.42 bits per heavy atom. The Balaban J connectivity index is 2.17. The SMILES string of the molecule is O=C(O)c1c[nH]c(=S)n1C1CCCc2ccccc21. The molecule has 3 rings (SSSR count). The lowest BCUT2D eigenvalue weighted by Gasteiger charge is -2.27. The highest BCUT2D eigenvalue weighted by atomic mass is 32.1. The van der Waals surface area contributed by atoms with E-state index in [0.717, 1.165) is 19.3 Å². The number of carbonyl (C=O) groups is 1. The molecule has 1 aromatic heterocycles. The van der Waals surface area contributed by atoms with Crippen molar-refractivity contribution in [2.45, 2.75) is 25.3 Å². The van der Waals surface area contributed by atoms with Crippen molar-refractivity contribution in [2.24, 2.45) is 0 Å². The lowest BCUT2D eigenvalue weighted by molar-refractivity contribution is 0.0683. The first-order valence-corrected chi connectivity index (χ1v) is 6.70. The van der Waals surface area contributed by atoms with Gasteiger partial charge in [-0.25, -0.2) is 4.79 Å². The van der Waals surface area contributed by atoms with E-state index in [2.05, 4.69) is 17.1 Å². The Bertz CT molecular complexity index is 687. The van der Waals surface area contributed by atoms with Gasteiger partial charge in [-0.1, -0.05) is 24.3 Å². The van der Waals surface area contributed by atoms with Crippen molar-refractivity contribution in [1.82, 2.24) is 9.55 Å². The molecule has 0 aliphatic heterocycles. The predicted octanol–water partition coefficient (Wildman–Crippen LogP) is 3.17. The molecule has 1 aliphatic rings. The number of hydrogen-bond acceptors (Lipinski definition) is 2. The van der Waals surface area contributed by atoms with Crippen LogP contribution in [0, 0.1) is 4.77 Å². The average molecular weight is 274 g/mol. The molecule has 4 nitrogen and oxygen atoms in total. The number of aromatic carboxylic acids is 1. The minimum Gasteiger partial charge on any atom is -0.477 e. The minimum absolute atomic E-state index is 0.0230. The largest absolute Gasteiger partial charge is 0.477 e. The van der Waals surface area contributed by atoms with Gasteiger partial charge in [-0.15, -0.1) is 0 Å². The first kappa shape index (κ1) is 12.2. The molecule has 1 heterocycles. The van der Waals surface area contributed by atoms with Gasteiger partial charge in [0.1, 0.15) is 5.69 Å². The van der Waals surface area contributed by atoms with Gasteiger partial charge in [0.2, 0.25) is 0 Å². The molecule has 0 radical (unpaired) electrons. The summed E-state index contributed by atoms with van der Waals surface area (Å²) in [7, 11) is 0. The summed E-state index contributed by atoms with van der Waals surface area (Å²) < 4.78 is 2.20. The Kier molecular flexibility index (Phi) is 2.98. The van der Waals surface area contributed by atoms with Crippen molar-refractivity contribution in [3.8, 4) is 0 Å². The molecule has 0 spiro atoms. The van der Waals surface area contributed by atoms with Crippen LogP contribution < -0.4 is 0 Å². The molecule has 5 heteroatoms. The second-order valence-electron chi connectivity index (χ2n) is 4.76. The Morgan fingerprint density at radius 3 is 3.00 bits per heavy atom. The maximum Gasteiger partial charge on any atom is 0.354 e. The molecule has 1 aliphatic carbocycles.